The number of sulfonamides is 1. The fraction of sp³-hybridized carbons (Fsp3) is 0.0500. The van der Waals surface area contributed by atoms with Crippen LogP contribution in [0.25, 0.3) is 11.1 Å². The molecule has 7 nitrogen and oxygen atoms in total. The van der Waals surface area contributed by atoms with Crippen molar-refractivity contribution in [2.75, 3.05) is 0 Å². The lowest BCUT2D eigenvalue weighted by Crippen LogP contribution is -2.18. The van der Waals surface area contributed by atoms with Gasteiger partial charge in [0.2, 0.25) is 0 Å². The van der Waals surface area contributed by atoms with Gasteiger partial charge in [0.25, 0.3) is 20.1 Å². The quantitative estimate of drug-likeness (QED) is 0.313. The van der Waals surface area contributed by atoms with E-state index in [1.54, 1.807) is 6.07 Å². The van der Waals surface area contributed by atoms with Crippen molar-refractivity contribution in [3.05, 3.63) is 83.9 Å². The van der Waals surface area contributed by atoms with E-state index in [1.165, 1.54) is 48.5 Å². The van der Waals surface area contributed by atoms with Gasteiger partial charge in [-0.05, 0) is 35.9 Å². The molecule has 0 heterocycles. The van der Waals surface area contributed by atoms with Gasteiger partial charge in [0.05, 0.1) is 16.7 Å². The van der Waals surface area contributed by atoms with Crippen LogP contribution in [0.15, 0.2) is 87.7 Å². The standard InChI is InChI=1S/C20H15F3N2O5S2/c21-20(22,23)15-10-11-19(32(28,29)30)18(12-15)17-9-5-4-6-14(17)13-24-25-31(26,27)16-7-2-1-3-8-16/h1-13,25H,(H,28,29,30)/b24-13+. The van der Waals surface area contributed by atoms with Gasteiger partial charge in [0.1, 0.15) is 4.90 Å². The lowest BCUT2D eigenvalue weighted by molar-refractivity contribution is -0.137. The fourth-order valence-corrected chi connectivity index (χ4v) is 4.31. The highest BCUT2D eigenvalue weighted by atomic mass is 32.2. The van der Waals surface area contributed by atoms with E-state index in [1.807, 2.05) is 4.83 Å². The van der Waals surface area contributed by atoms with E-state index < -0.39 is 42.3 Å². The molecule has 168 valence electrons. The minimum Gasteiger partial charge on any atom is -0.282 e. The molecule has 0 saturated heterocycles. The summed E-state index contributed by atoms with van der Waals surface area (Å²) in [7, 11) is -8.86. The molecule has 3 aromatic rings. The Hall–Kier alpha value is -3.22. The summed E-state index contributed by atoms with van der Waals surface area (Å²) in [6, 6.07) is 14.8. The van der Waals surface area contributed by atoms with Gasteiger partial charge in [0.15, 0.2) is 0 Å². The van der Waals surface area contributed by atoms with Gasteiger partial charge >= 0.3 is 6.18 Å². The molecular weight excluding hydrogens is 469 g/mol. The van der Waals surface area contributed by atoms with Crippen LogP contribution in [0.5, 0.6) is 0 Å². The Kier molecular flexibility index (Phi) is 6.39. The maximum atomic E-state index is 13.2. The second-order valence-corrected chi connectivity index (χ2v) is 9.49. The Labute approximate surface area is 182 Å². The second kappa shape index (κ2) is 8.73. The molecule has 0 aliphatic rings. The highest BCUT2D eigenvalue weighted by Crippen LogP contribution is 2.36. The van der Waals surface area contributed by atoms with Gasteiger partial charge in [-0.15, -0.1) is 0 Å². The molecule has 3 aromatic carbocycles. The molecule has 3 rings (SSSR count). The number of nitrogens with zero attached hydrogens (tertiary/aromatic N) is 1. The molecule has 0 bridgehead atoms. The summed E-state index contributed by atoms with van der Waals surface area (Å²) >= 11 is 0. The first-order chi connectivity index (χ1) is 14.9. The van der Waals surface area contributed by atoms with E-state index in [2.05, 4.69) is 5.10 Å². The zero-order chi connectivity index (χ0) is 23.6. The molecule has 0 spiro atoms. The van der Waals surface area contributed by atoms with Crippen molar-refractivity contribution in [2.24, 2.45) is 5.10 Å². The Morgan fingerprint density at radius 2 is 1.47 bits per heavy atom. The Balaban J connectivity index is 2.06. The van der Waals surface area contributed by atoms with Crippen LogP contribution in [0.1, 0.15) is 11.1 Å². The van der Waals surface area contributed by atoms with Crippen molar-refractivity contribution < 1.29 is 34.6 Å². The van der Waals surface area contributed by atoms with E-state index in [4.69, 9.17) is 0 Å². The zero-order valence-corrected chi connectivity index (χ0v) is 17.6. The van der Waals surface area contributed by atoms with Crippen LogP contribution < -0.4 is 4.83 Å². The van der Waals surface area contributed by atoms with Gasteiger partial charge in [-0.25, -0.2) is 4.83 Å². The summed E-state index contributed by atoms with van der Waals surface area (Å²) in [6.07, 6.45) is -3.75. The first-order valence-corrected chi connectivity index (χ1v) is 11.7. The summed E-state index contributed by atoms with van der Waals surface area (Å²) in [5.41, 5.74) is -1.46. The molecule has 0 aromatic heterocycles. The van der Waals surface area contributed by atoms with Crippen molar-refractivity contribution in [3.63, 3.8) is 0 Å². The topological polar surface area (TPSA) is 113 Å². The molecule has 0 amide bonds. The highest BCUT2D eigenvalue weighted by Gasteiger charge is 2.32. The van der Waals surface area contributed by atoms with Crippen LogP contribution in [0.4, 0.5) is 13.2 Å². The van der Waals surface area contributed by atoms with Crippen molar-refractivity contribution in [3.8, 4) is 11.1 Å². The monoisotopic (exact) mass is 484 g/mol. The number of hydrogen-bond acceptors (Lipinski definition) is 5. The number of hydrazone groups is 1. The van der Waals surface area contributed by atoms with Crippen molar-refractivity contribution >= 4 is 26.4 Å². The molecule has 0 saturated carbocycles. The molecular formula is C20H15F3N2O5S2. The average Bonchev–Trinajstić information content (AvgIpc) is 2.73. The van der Waals surface area contributed by atoms with Crippen molar-refractivity contribution in [2.45, 2.75) is 16.0 Å². The SMILES string of the molecule is O=S(=O)(O)c1ccc(C(F)(F)F)cc1-c1ccccc1/C=N/NS(=O)(=O)c1ccccc1. The minimum absolute atomic E-state index is 0.0196. The van der Waals surface area contributed by atoms with E-state index in [-0.39, 0.29) is 16.0 Å². The average molecular weight is 484 g/mol. The predicted molar refractivity (Wildman–Crippen MR) is 111 cm³/mol. The fourth-order valence-electron chi connectivity index (χ4n) is 2.81. The maximum Gasteiger partial charge on any atom is 0.416 e. The summed E-state index contributed by atoms with van der Waals surface area (Å²) in [6.45, 7) is 0. The summed E-state index contributed by atoms with van der Waals surface area (Å²) < 4.78 is 97.1. The third kappa shape index (κ3) is 5.33. The Morgan fingerprint density at radius 3 is 2.09 bits per heavy atom. The maximum absolute atomic E-state index is 13.2. The molecule has 0 atom stereocenters. The van der Waals surface area contributed by atoms with E-state index in [0.29, 0.717) is 18.2 Å². The zero-order valence-electron chi connectivity index (χ0n) is 16.0. The van der Waals surface area contributed by atoms with Crippen molar-refractivity contribution in [1.82, 2.24) is 4.83 Å². The molecule has 0 fully saturated rings. The second-order valence-electron chi connectivity index (χ2n) is 6.44. The molecule has 0 aliphatic heterocycles. The lowest BCUT2D eigenvalue weighted by atomic mass is 9.98. The number of benzene rings is 3. The number of hydrogen-bond donors (Lipinski definition) is 2. The van der Waals surface area contributed by atoms with Crippen molar-refractivity contribution in [1.29, 1.82) is 0 Å². The summed E-state index contributed by atoms with van der Waals surface area (Å²) in [5, 5.41) is 3.64. The van der Waals surface area contributed by atoms with Gasteiger partial charge in [-0.1, -0.05) is 42.5 Å². The number of rotatable bonds is 6. The van der Waals surface area contributed by atoms with Crippen LogP contribution >= 0.6 is 0 Å². The first kappa shape index (κ1) is 23.4. The largest absolute Gasteiger partial charge is 0.416 e. The predicted octanol–water partition coefficient (Wildman–Crippen LogP) is 3.93. The van der Waals surface area contributed by atoms with E-state index >= 15 is 0 Å². The van der Waals surface area contributed by atoms with Crippen LogP contribution in [0, 0.1) is 0 Å². The highest BCUT2D eigenvalue weighted by molar-refractivity contribution is 7.89. The van der Waals surface area contributed by atoms with E-state index in [9.17, 15) is 34.6 Å². The third-order valence-electron chi connectivity index (χ3n) is 4.27. The molecule has 2 N–H and O–H groups in total. The van der Waals surface area contributed by atoms with Crippen LogP contribution in [0.3, 0.4) is 0 Å². The molecule has 12 heteroatoms. The number of nitrogens with one attached hydrogen (secondary N) is 1. The van der Waals surface area contributed by atoms with Gasteiger partial charge in [0, 0.05) is 11.1 Å². The Bertz CT molecular complexity index is 1370. The minimum atomic E-state index is -4.86. The summed E-state index contributed by atoms with van der Waals surface area (Å²) in [4.78, 5) is 1.18. The van der Waals surface area contributed by atoms with Gasteiger partial charge in [-0.3, -0.25) is 4.55 Å². The summed E-state index contributed by atoms with van der Waals surface area (Å²) in [5.74, 6) is 0. The van der Waals surface area contributed by atoms with Gasteiger partial charge < -0.3 is 0 Å². The number of halogens is 3. The smallest absolute Gasteiger partial charge is 0.282 e. The molecule has 0 aliphatic carbocycles. The lowest BCUT2D eigenvalue weighted by Gasteiger charge is -2.14. The third-order valence-corrected chi connectivity index (χ3v) is 6.42. The van der Waals surface area contributed by atoms with Crippen LogP contribution in [-0.4, -0.2) is 27.6 Å². The normalized spacial score (nSPS) is 12.8. The first-order valence-electron chi connectivity index (χ1n) is 8.78. The molecule has 0 unspecified atom stereocenters. The van der Waals surface area contributed by atoms with Crippen LogP contribution in [-0.2, 0) is 26.3 Å². The van der Waals surface area contributed by atoms with E-state index in [0.717, 1.165) is 6.21 Å². The Morgan fingerprint density at radius 1 is 0.844 bits per heavy atom. The number of alkyl halides is 3. The van der Waals surface area contributed by atoms with Gasteiger partial charge in [-0.2, -0.15) is 35.1 Å². The molecule has 0 radical (unpaired) electrons. The molecule has 32 heavy (non-hydrogen) atoms. The van der Waals surface area contributed by atoms with Crippen LogP contribution in [0.2, 0.25) is 0 Å².